The van der Waals surface area contributed by atoms with E-state index in [-0.39, 0.29) is 13.4 Å². The molecule has 2 heteroatoms. The molecule has 0 amide bonds. The molecule has 0 atom stereocenters. The third kappa shape index (κ3) is 3.89. The molecule has 0 fully saturated rings. The van der Waals surface area contributed by atoms with Gasteiger partial charge in [-0.15, -0.1) is 6.58 Å². The SMILES string of the molecule is C.C=CCC(=C)C(=O)OC. The summed E-state index contributed by atoms with van der Waals surface area (Å²) in [5.41, 5.74) is 0.438. The summed E-state index contributed by atoms with van der Waals surface area (Å²) < 4.78 is 4.38. The number of methoxy groups -OCH3 is 1. The molecule has 0 aliphatic rings. The maximum absolute atomic E-state index is 10.5. The number of hydrogen-bond donors (Lipinski definition) is 0. The lowest BCUT2D eigenvalue weighted by Gasteiger charge is -1.96. The Morgan fingerprint density at radius 1 is 1.70 bits per heavy atom. The van der Waals surface area contributed by atoms with Gasteiger partial charge in [-0.05, 0) is 6.42 Å². The molecule has 0 saturated heterocycles. The van der Waals surface area contributed by atoms with Gasteiger partial charge in [-0.1, -0.05) is 20.1 Å². The van der Waals surface area contributed by atoms with Crippen molar-refractivity contribution in [1.82, 2.24) is 0 Å². The van der Waals surface area contributed by atoms with E-state index in [1.54, 1.807) is 6.08 Å². The van der Waals surface area contributed by atoms with Crippen LogP contribution in [0.1, 0.15) is 13.8 Å². The van der Waals surface area contributed by atoms with Crippen molar-refractivity contribution in [3.05, 3.63) is 24.8 Å². The highest BCUT2D eigenvalue weighted by molar-refractivity contribution is 5.87. The summed E-state index contributed by atoms with van der Waals surface area (Å²) in [5, 5.41) is 0. The van der Waals surface area contributed by atoms with Gasteiger partial charge in [0.15, 0.2) is 0 Å². The highest BCUT2D eigenvalue weighted by Gasteiger charge is 2.01. The minimum Gasteiger partial charge on any atom is -0.466 e. The molecular weight excluding hydrogens is 128 g/mol. The minimum atomic E-state index is -0.366. The first-order valence-electron chi connectivity index (χ1n) is 2.59. The van der Waals surface area contributed by atoms with Gasteiger partial charge in [-0.25, -0.2) is 4.79 Å². The van der Waals surface area contributed by atoms with Crippen molar-refractivity contribution < 1.29 is 9.53 Å². The Labute approximate surface area is 62.2 Å². The van der Waals surface area contributed by atoms with Crippen LogP contribution in [-0.2, 0) is 9.53 Å². The summed E-state index contributed by atoms with van der Waals surface area (Å²) in [4.78, 5) is 10.5. The lowest BCUT2D eigenvalue weighted by Crippen LogP contribution is -2.01. The van der Waals surface area contributed by atoms with E-state index in [0.29, 0.717) is 12.0 Å². The molecule has 0 rings (SSSR count). The van der Waals surface area contributed by atoms with E-state index in [1.807, 2.05) is 0 Å². The summed E-state index contributed by atoms with van der Waals surface area (Å²) >= 11 is 0. The van der Waals surface area contributed by atoms with Crippen molar-refractivity contribution in [2.45, 2.75) is 13.8 Å². The lowest BCUT2D eigenvalue weighted by molar-refractivity contribution is -0.136. The maximum atomic E-state index is 10.5. The number of allylic oxidation sites excluding steroid dienone is 1. The number of carbonyl (C=O) groups is 1. The largest absolute Gasteiger partial charge is 0.466 e. The second-order valence-corrected chi connectivity index (χ2v) is 1.59. The van der Waals surface area contributed by atoms with Crippen LogP contribution in [0.4, 0.5) is 0 Å². The van der Waals surface area contributed by atoms with E-state index in [1.165, 1.54) is 7.11 Å². The van der Waals surface area contributed by atoms with Crippen molar-refractivity contribution in [2.24, 2.45) is 0 Å². The van der Waals surface area contributed by atoms with Crippen LogP contribution >= 0.6 is 0 Å². The average Bonchev–Trinajstić information content (AvgIpc) is 1.87. The quantitative estimate of drug-likeness (QED) is 0.342. The summed E-state index contributed by atoms with van der Waals surface area (Å²) in [6.07, 6.45) is 2.10. The molecule has 0 aliphatic heterocycles. The van der Waals surface area contributed by atoms with Gasteiger partial charge in [-0.2, -0.15) is 0 Å². The molecule has 0 spiro atoms. The number of carbonyl (C=O) groups excluding carboxylic acids is 1. The van der Waals surface area contributed by atoms with Crippen LogP contribution in [0.25, 0.3) is 0 Å². The topological polar surface area (TPSA) is 26.3 Å². The summed E-state index contributed by atoms with van der Waals surface area (Å²) in [6, 6.07) is 0. The smallest absolute Gasteiger partial charge is 0.333 e. The number of rotatable bonds is 3. The zero-order valence-electron chi connectivity index (χ0n) is 5.52. The molecule has 10 heavy (non-hydrogen) atoms. The van der Waals surface area contributed by atoms with Gasteiger partial charge in [-0.3, -0.25) is 0 Å². The van der Waals surface area contributed by atoms with Crippen LogP contribution in [0.5, 0.6) is 0 Å². The monoisotopic (exact) mass is 142 g/mol. The highest BCUT2D eigenvalue weighted by atomic mass is 16.5. The van der Waals surface area contributed by atoms with Crippen molar-refractivity contribution in [1.29, 1.82) is 0 Å². The summed E-state index contributed by atoms with van der Waals surface area (Å²) in [5.74, 6) is -0.366. The third-order valence-corrected chi connectivity index (χ3v) is 0.865. The second kappa shape index (κ2) is 6.08. The number of ether oxygens (including phenoxy) is 1. The van der Waals surface area contributed by atoms with Crippen molar-refractivity contribution in [3.8, 4) is 0 Å². The van der Waals surface area contributed by atoms with E-state index in [0.717, 1.165) is 0 Å². The Kier molecular flexibility index (Phi) is 7.12. The second-order valence-electron chi connectivity index (χ2n) is 1.59. The zero-order valence-corrected chi connectivity index (χ0v) is 5.52. The van der Waals surface area contributed by atoms with E-state index in [2.05, 4.69) is 17.9 Å². The van der Waals surface area contributed by atoms with Gasteiger partial charge in [0.2, 0.25) is 0 Å². The van der Waals surface area contributed by atoms with Gasteiger partial charge >= 0.3 is 5.97 Å². The van der Waals surface area contributed by atoms with E-state index >= 15 is 0 Å². The Morgan fingerprint density at radius 2 is 2.20 bits per heavy atom. The fraction of sp³-hybridized carbons (Fsp3) is 0.375. The lowest BCUT2D eigenvalue weighted by atomic mass is 10.2. The molecule has 0 unspecified atom stereocenters. The predicted molar refractivity (Wildman–Crippen MR) is 42.7 cm³/mol. The number of esters is 1. The standard InChI is InChI=1S/C7H10O2.CH4/c1-4-5-6(2)7(8)9-3;/h4H,1-2,5H2,3H3;1H4. The third-order valence-electron chi connectivity index (χ3n) is 0.865. The molecule has 0 aromatic rings. The maximum Gasteiger partial charge on any atom is 0.333 e. The van der Waals surface area contributed by atoms with E-state index < -0.39 is 0 Å². The fourth-order valence-corrected chi connectivity index (χ4v) is 0.402. The molecule has 0 heterocycles. The van der Waals surface area contributed by atoms with E-state index in [9.17, 15) is 4.79 Å². The minimum absolute atomic E-state index is 0. The summed E-state index contributed by atoms with van der Waals surface area (Å²) in [7, 11) is 1.33. The first-order valence-corrected chi connectivity index (χ1v) is 2.59. The molecule has 0 aromatic carbocycles. The average molecular weight is 142 g/mol. The molecule has 0 N–H and O–H groups in total. The molecule has 0 saturated carbocycles. The van der Waals surface area contributed by atoms with Gasteiger partial charge in [0.1, 0.15) is 0 Å². The zero-order chi connectivity index (χ0) is 7.28. The van der Waals surface area contributed by atoms with Gasteiger partial charge in [0.05, 0.1) is 7.11 Å². The first-order chi connectivity index (χ1) is 4.22. The van der Waals surface area contributed by atoms with Crippen molar-refractivity contribution >= 4 is 5.97 Å². The fourth-order valence-electron chi connectivity index (χ4n) is 0.402. The van der Waals surface area contributed by atoms with Gasteiger partial charge in [0, 0.05) is 5.57 Å². The van der Waals surface area contributed by atoms with Crippen LogP contribution in [0.2, 0.25) is 0 Å². The Bertz CT molecular complexity index is 136. The summed E-state index contributed by atoms with van der Waals surface area (Å²) in [6.45, 7) is 6.92. The molecule has 2 nitrogen and oxygen atoms in total. The molecule has 0 bridgehead atoms. The van der Waals surface area contributed by atoms with E-state index in [4.69, 9.17) is 0 Å². The Morgan fingerprint density at radius 3 is 2.50 bits per heavy atom. The molecular formula is C8H14O2. The molecule has 0 radical (unpaired) electrons. The predicted octanol–water partition coefficient (Wildman–Crippen LogP) is 1.93. The molecule has 0 aromatic heterocycles. The van der Waals surface area contributed by atoms with Crippen molar-refractivity contribution in [3.63, 3.8) is 0 Å². The normalized spacial score (nSPS) is 7.30. The van der Waals surface area contributed by atoms with Crippen LogP contribution in [-0.4, -0.2) is 13.1 Å². The molecule has 58 valence electrons. The number of hydrogen-bond acceptors (Lipinski definition) is 2. The van der Waals surface area contributed by atoms with Crippen LogP contribution < -0.4 is 0 Å². The van der Waals surface area contributed by atoms with Crippen LogP contribution in [0, 0.1) is 0 Å². The first kappa shape index (κ1) is 11.7. The van der Waals surface area contributed by atoms with Gasteiger partial charge < -0.3 is 4.74 Å². The van der Waals surface area contributed by atoms with Crippen LogP contribution in [0.3, 0.4) is 0 Å². The Hall–Kier alpha value is -1.05. The van der Waals surface area contributed by atoms with Crippen LogP contribution in [0.15, 0.2) is 24.8 Å². The molecule has 0 aliphatic carbocycles. The Balaban J connectivity index is 0. The highest BCUT2D eigenvalue weighted by Crippen LogP contribution is 1.99. The van der Waals surface area contributed by atoms with Gasteiger partial charge in [0.25, 0.3) is 0 Å². The van der Waals surface area contributed by atoms with Crippen molar-refractivity contribution in [2.75, 3.05) is 7.11 Å².